The largest absolute Gasteiger partial charge is 0.480 e. The van der Waals surface area contributed by atoms with Crippen LogP contribution in [0.15, 0.2) is 24.3 Å². The van der Waals surface area contributed by atoms with Crippen LogP contribution in [0.25, 0.3) is 0 Å². The van der Waals surface area contributed by atoms with Crippen LogP contribution in [0.2, 0.25) is 0 Å². The lowest BCUT2D eigenvalue weighted by Gasteiger charge is -2.27. The van der Waals surface area contributed by atoms with Crippen molar-refractivity contribution in [2.45, 2.75) is 38.3 Å². The molecule has 0 aromatic heterocycles. The Hall–Kier alpha value is -1.35. The molecule has 1 aliphatic rings. The average molecular weight is 219 g/mol. The van der Waals surface area contributed by atoms with Gasteiger partial charge in [-0.15, -0.1) is 0 Å². The Morgan fingerprint density at radius 3 is 2.38 bits per heavy atom. The molecule has 0 heterocycles. The summed E-state index contributed by atoms with van der Waals surface area (Å²) in [6.45, 7) is 3.73. The fourth-order valence-corrected chi connectivity index (χ4v) is 1.79. The summed E-state index contributed by atoms with van der Waals surface area (Å²) in [5, 5.41) is 12.6. The van der Waals surface area contributed by atoms with E-state index in [1.165, 1.54) is 0 Å². The fraction of sp³-hybridized carbons (Fsp3) is 0.462. The van der Waals surface area contributed by atoms with E-state index in [0.717, 1.165) is 24.0 Å². The molecule has 3 heteroatoms. The second kappa shape index (κ2) is 3.91. The molecule has 0 spiro atoms. The number of hydrogen-bond acceptors (Lipinski definition) is 2. The highest BCUT2D eigenvalue weighted by molar-refractivity contribution is 5.80. The second-order valence-electron chi connectivity index (χ2n) is 4.71. The molecule has 2 N–H and O–H groups in total. The first-order chi connectivity index (χ1) is 7.52. The normalized spacial score (nSPS) is 19.1. The zero-order chi connectivity index (χ0) is 11.8. The van der Waals surface area contributed by atoms with Gasteiger partial charge in [-0.1, -0.05) is 29.8 Å². The van der Waals surface area contributed by atoms with E-state index in [4.69, 9.17) is 0 Å². The standard InChI is InChI=1S/C13H17NO2/c1-9-3-5-10(6-4-9)13(2,12(15)16)14-11-7-8-11/h3-6,11,14H,7-8H2,1-2H3,(H,15,16). The van der Waals surface area contributed by atoms with Gasteiger partial charge in [-0.05, 0) is 32.3 Å². The molecular formula is C13H17NO2. The van der Waals surface area contributed by atoms with E-state index in [-0.39, 0.29) is 0 Å². The van der Waals surface area contributed by atoms with E-state index in [1.807, 2.05) is 31.2 Å². The molecule has 0 bridgehead atoms. The van der Waals surface area contributed by atoms with E-state index in [2.05, 4.69) is 5.32 Å². The van der Waals surface area contributed by atoms with Gasteiger partial charge < -0.3 is 5.11 Å². The van der Waals surface area contributed by atoms with Gasteiger partial charge in [0, 0.05) is 6.04 Å². The Bertz CT molecular complexity index is 395. The van der Waals surface area contributed by atoms with Crippen LogP contribution in [0, 0.1) is 6.92 Å². The zero-order valence-corrected chi connectivity index (χ0v) is 9.66. The Kier molecular flexibility index (Phi) is 2.72. The molecule has 16 heavy (non-hydrogen) atoms. The first kappa shape index (κ1) is 11.1. The fourth-order valence-electron chi connectivity index (χ4n) is 1.79. The molecule has 1 saturated carbocycles. The Labute approximate surface area is 95.5 Å². The van der Waals surface area contributed by atoms with Crippen LogP contribution >= 0.6 is 0 Å². The monoisotopic (exact) mass is 219 g/mol. The highest BCUT2D eigenvalue weighted by Gasteiger charge is 2.39. The van der Waals surface area contributed by atoms with Gasteiger partial charge in [0.2, 0.25) is 0 Å². The van der Waals surface area contributed by atoms with Gasteiger partial charge in [0.15, 0.2) is 0 Å². The minimum atomic E-state index is -0.963. The van der Waals surface area contributed by atoms with Crippen molar-refractivity contribution in [1.82, 2.24) is 5.32 Å². The van der Waals surface area contributed by atoms with E-state index in [0.29, 0.717) is 6.04 Å². The third-order valence-electron chi connectivity index (χ3n) is 3.13. The highest BCUT2D eigenvalue weighted by atomic mass is 16.4. The lowest BCUT2D eigenvalue weighted by molar-refractivity contribution is -0.144. The van der Waals surface area contributed by atoms with Crippen LogP contribution in [0.3, 0.4) is 0 Å². The SMILES string of the molecule is Cc1ccc(C(C)(NC2CC2)C(=O)O)cc1. The predicted octanol–water partition coefficient (Wildman–Crippen LogP) is 2.05. The summed E-state index contributed by atoms with van der Waals surface area (Å²) in [4.78, 5) is 11.4. The number of nitrogens with one attached hydrogen (secondary N) is 1. The molecule has 0 saturated heterocycles. The van der Waals surface area contributed by atoms with Crippen LogP contribution in [-0.4, -0.2) is 17.1 Å². The smallest absolute Gasteiger partial charge is 0.328 e. The van der Waals surface area contributed by atoms with E-state index < -0.39 is 11.5 Å². The number of carboxylic acids is 1. The van der Waals surface area contributed by atoms with Crippen LogP contribution in [-0.2, 0) is 10.3 Å². The van der Waals surface area contributed by atoms with Crippen LogP contribution in [0.1, 0.15) is 30.9 Å². The molecule has 1 aliphatic carbocycles. The maximum absolute atomic E-state index is 11.4. The third kappa shape index (κ3) is 2.09. The number of aliphatic carboxylic acids is 1. The maximum atomic E-state index is 11.4. The number of rotatable bonds is 4. The maximum Gasteiger partial charge on any atom is 0.328 e. The molecular weight excluding hydrogens is 202 g/mol. The summed E-state index contributed by atoms with van der Waals surface area (Å²) < 4.78 is 0. The molecule has 0 aliphatic heterocycles. The Morgan fingerprint density at radius 2 is 1.94 bits per heavy atom. The van der Waals surface area contributed by atoms with Gasteiger partial charge in [0.25, 0.3) is 0 Å². The minimum Gasteiger partial charge on any atom is -0.480 e. The number of hydrogen-bond donors (Lipinski definition) is 2. The first-order valence-electron chi connectivity index (χ1n) is 5.60. The molecule has 3 nitrogen and oxygen atoms in total. The molecule has 2 rings (SSSR count). The number of carboxylic acid groups (broad SMARTS) is 1. The van der Waals surface area contributed by atoms with Gasteiger partial charge in [0.1, 0.15) is 5.54 Å². The van der Waals surface area contributed by atoms with Crippen molar-refractivity contribution in [2.24, 2.45) is 0 Å². The lowest BCUT2D eigenvalue weighted by atomic mass is 9.91. The van der Waals surface area contributed by atoms with Gasteiger partial charge in [0.05, 0.1) is 0 Å². The molecule has 1 aromatic rings. The number of aryl methyl sites for hydroxylation is 1. The summed E-state index contributed by atoms with van der Waals surface area (Å²) in [6, 6.07) is 8.04. The van der Waals surface area contributed by atoms with Crippen molar-refractivity contribution < 1.29 is 9.90 Å². The third-order valence-corrected chi connectivity index (χ3v) is 3.13. The van der Waals surface area contributed by atoms with E-state index >= 15 is 0 Å². The summed E-state index contributed by atoms with van der Waals surface area (Å²) in [5.74, 6) is -0.816. The highest BCUT2D eigenvalue weighted by Crippen LogP contribution is 2.28. The molecule has 1 fully saturated rings. The van der Waals surface area contributed by atoms with Crippen molar-refractivity contribution in [3.05, 3.63) is 35.4 Å². The van der Waals surface area contributed by atoms with Crippen molar-refractivity contribution >= 4 is 5.97 Å². The summed E-state index contributed by atoms with van der Waals surface area (Å²) in [7, 11) is 0. The van der Waals surface area contributed by atoms with Crippen molar-refractivity contribution in [1.29, 1.82) is 0 Å². The summed E-state index contributed by atoms with van der Waals surface area (Å²) >= 11 is 0. The second-order valence-corrected chi connectivity index (χ2v) is 4.71. The van der Waals surface area contributed by atoms with Crippen LogP contribution in [0.5, 0.6) is 0 Å². The predicted molar refractivity (Wildman–Crippen MR) is 62.3 cm³/mol. The quantitative estimate of drug-likeness (QED) is 0.814. The Morgan fingerprint density at radius 1 is 1.38 bits per heavy atom. The zero-order valence-electron chi connectivity index (χ0n) is 9.66. The van der Waals surface area contributed by atoms with Gasteiger partial charge in [-0.3, -0.25) is 5.32 Å². The van der Waals surface area contributed by atoms with Gasteiger partial charge in [-0.2, -0.15) is 0 Å². The van der Waals surface area contributed by atoms with Crippen LogP contribution in [0.4, 0.5) is 0 Å². The van der Waals surface area contributed by atoms with Gasteiger partial charge in [-0.25, -0.2) is 4.79 Å². The molecule has 0 radical (unpaired) electrons. The lowest BCUT2D eigenvalue weighted by Crippen LogP contribution is -2.47. The van der Waals surface area contributed by atoms with Crippen LogP contribution < -0.4 is 5.32 Å². The van der Waals surface area contributed by atoms with E-state index in [9.17, 15) is 9.90 Å². The molecule has 1 unspecified atom stereocenters. The van der Waals surface area contributed by atoms with Crippen molar-refractivity contribution in [2.75, 3.05) is 0 Å². The van der Waals surface area contributed by atoms with Crippen molar-refractivity contribution in [3.8, 4) is 0 Å². The van der Waals surface area contributed by atoms with E-state index in [1.54, 1.807) is 6.92 Å². The number of carbonyl (C=O) groups is 1. The molecule has 1 atom stereocenters. The first-order valence-corrected chi connectivity index (χ1v) is 5.60. The van der Waals surface area contributed by atoms with Gasteiger partial charge >= 0.3 is 5.97 Å². The number of benzene rings is 1. The molecule has 86 valence electrons. The summed E-state index contributed by atoms with van der Waals surface area (Å²) in [6.07, 6.45) is 2.16. The minimum absolute atomic E-state index is 0.363. The molecule has 0 amide bonds. The average Bonchev–Trinajstić information content (AvgIpc) is 3.02. The Balaban J connectivity index is 2.30. The molecule has 1 aromatic carbocycles. The van der Waals surface area contributed by atoms with Crippen molar-refractivity contribution in [3.63, 3.8) is 0 Å². The summed E-state index contributed by atoms with van der Waals surface area (Å²) in [5.41, 5.74) is 0.995. The topological polar surface area (TPSA) is 49.3 Å².